The van der Waals surface area contributed by atoms with Crippen LogP contribution in [0.1, 0.15) is 11.1 Å². The Bertz CT molecular complexity index is 511. The molecule has 1 amide bonds. The molecule has 0 aromatic heterocycles. The van der Waals surface area contributed by atoms with Gasteiger partial charge in [0.15, 0.2) is 0 Å². The van der Waals surface area contributed by atoms with Crippen LogP contribution in [0.25, 0.3) is 0 Å². The Labute approximate surface area is 120 Å². The Kier molecular flexibility index (Phi) is 5.80. The lowest BCUT2D eigenvalue weighted by Gasteiger charge is -2.07. The van der Waals surface area contributed by atoms with Crippen LogP contribution >= 0.6 is 0 Å². The van der Waals surface area contributed by atoms with E-state index in [9.17, 15) is 4.79 Å². The minimum absolute atomic E-state index is 0.0296. The number of rotatable bonds is 7. The van der Waals surface area contributed by atoms with Crippen LogP contribution in [0.5, 0.6) is 0 Å². The molecule has 2 rings (SSSR count). The molecule has 104 valence electrons. The Morgan fingerprint density at radius 3 is 2.10 bits per heavy atom. The summed E-state index contributed by atoms with van der Waals surface area (Å²) in [6, 6.07) is 20.2. The third-order valence-electron chi connectivity index (χ3n) is 3.05. The summed E-state index contributed by atoms with van der Waals surface area (Å²) >= 11 is 0. The summed E-state index contributed by atoms with van der Waals surface area (Å²) in [7, 11) is 0. The molecule has 3 nitrogen and oxygen atoms in total. The molecule has 0 saturated heterocycles. The summed E-state index contributed by atoms with van der Waals surface area (Å²) in [6.07, 6.45) is 0.937. The zero-order valence-corrected chi connectivity index (χ0v) is 11.5. The fourth-order valence-corrected chi connectivity index (χ4v) is 1.94. The summed E-state index contributed by atoms with van der Waals surface area (Å²) in [6.45, 7) is 1.75. The van der Waals surface area contributed by atoms with Crippen LogP contribution in [-0.2, 0) is 17.8 Å². The molecule has 0 aliphatic heterocycles. The molecule has 0 saturated carbocycles. The van der Waals surface area contributed by atoms with Crippen molar-refractivity contribution in [3.05, 3.63) is 71.8 Å². The van der Waals surface area contributed by atoms with Crippen molar-refractivity contribution in [1.29, 1.82) is 0 Å². The van der Waals surface area contributed by atoms with Crippen molar-refractivity contribution in [2.75, 3.05) is 13.1 Å². The van der Waals surface area contributed by atoms with Gasteiger partial charge in [0, 0.05) is 6.54 Å². The standard InChI is InChI=1S/C17H20N2O/c20-17(19-13-16-9-5-2-6-10-16)14-18-12-11-15-7-3-1-4-8-15/h1-10,18H,11-14H2,(H,19,20). The Hall–Kier alpha value is -2.13. The van der Waals surface area contributed by atoms with E-state index in [1.165, 1.54) is 5.56 Å². The fraction of sp³-hybridized carbons (Fsp3) is 0.235. The van der Waals surface area contributed by atoms with Gasteiger partial charge in [0.05, 0.1) is 6.54 Å². The summed E-state index contributed by atoms with van der Waals surface area (Å²) < 4.78 is 0. The molecule has 0 unspecified atom stereocenters. The lowest BCUT2D eigenvalue weighted by molar-refractivity contribution is -0.120. The van der Waals surface area contributed by atoms with Crippen molar-refractivity contribution >= 4 is 5.91 Å². The van der Waals surface area contributed by atoms with Gasteiger partial charge in [0.2, 0.25) is 5.91 Å². The molecule has 2 aromatic carbocycles. The zero-order valence-electron chi connectivity index (χ0n) is 11.5. The number of hydrogen-bond acceptors (Lipinski definition) is 2. The second-order valence-electron chi connectivity index (χ2n) is 4.67. The van der Waals surface area contributed by atoms with E-state index < -0.39 is 0 Å². The van der Waals surface area contributed by atoms with E-state index in [0.29, 0.717) is 13.1 Å². The molecule has 0 fully saturated rings. The predicted octanol–water partition coefficient (Wildman–Crippen LogP) is 2.14. The molecule has 2 N–H and O–H groups in total. The Morgan fingerprint density at radius 2 is 1.45 bits per heavy atom. The quantitative estimate of drug-likeness (QED) is 0.755. The highest BCUT2D eigenvalue weighted by molar-refractivity contribution is 5.77. The highest BCUT2D eigenvalue weighted by atomic mass is 16.1. The summed E-state index contributed by atoms with van der Waals surface area (Å²) in [5.74, 6) is 0.0296. The fourth-order valence-electron chi connectivity index (χ4n) is 1.94. The number of carbonyl (C=O) groups is 1. The summed E-state index contributed by atoms with van der Waals surface area (Å²) in [4.78, 5) is 11.7. The first kappa shape index (κ1) is 14.3. The van der Waals surface area contributed by atoms with E-state index in [1.807, 2.05) is 48.5 Å². The Balaban J connectivity index is 1.59. The number of carbonyl (C=O) groups excluding carboxylic acids is 1. The molecular weight excluding hydrogens is 248 g/mol. The normalized spacial score (nSPS) is 10.2. The second kappa shape index (κ2) is 8.12. The average molecular weight is 268 g/mol. The van der Waals surface area contributed by atoms with Crippen molar-refractivity contribution in [2.45, 2.75) is 13.0 Å². The van der Waals surface area contributed by atoms with Crippen LogP contribution in [0.15, 0.2) is 60.7 Å². The second-order valence-corrected chi connectivity index (χ2v) is 4.67. The maximum Gasteiger partial charge on any atom is 0.234 e. The van der Waals surface area contributed by atoms with Crippen LogP contribution in [0.3, 0.4) is 0 Å². The molecule has 3 heteroatoms. The average Bonchev–Trinajstić information content (AvgIpc) is 2.52. The van der Waals surface area contributed by atoms with Gasteiger partial charge in [-0.2, -0.15) is 0 Å². The summed E-state index contributed by atoms with van der Waals surface area (Å²) in [5.41, 5.74) is 2.40. The van der Waals surface area contributed by atoms with E-state index in [0.717, 1.165) is 18.5 Å². The third-order valence-corrected chi connectivity index (χ3v) is 3.05. The minimum atomic E-state index is 0.0296. The van der Waals surface area contributed by atoms with Gasteiger partial charge in [0.25, 0.3) is 0 Å². The van der Waals surface area contributed by atoms with Gasteiger partial charge in [0.1, 0.15) is 0 Å². The molecule has 0 atom stereocenters. The lowest BCUT2D eigenvalue weighted by atomic mass is 10.1. The minimum Gasteiger partial charge on any atom is -0.351 e. The van der Waals surface area contributed by atoms with Crippen molar-refractivity contribution in [3.8, 4) is 0 Å². The zero-order chi connectivity index (χ0) is 14.0. The topological polar surface area (TPSA) is 41.1 Å². The van der Waals surface area contributed by atoms with Crippen molar-refractivity contribution in [1.82, 2.24) is 10.6 Å². The number of hydrogen-bond donors (Lipinski definition) is 2. The van der Waals surface area contributed by atoms with Crippen molar-refractivity contribution in [2.24, 2.45) is 0 Å². The molecule has 0 heterocycles. The van der Waals surface area contributed by atoms with E-state index in [2.05, 4.69) is 22.8 Å². The van der Waals surface area contributed by atoms with Gasteiger partial charge in [-0.15, -0.1) is 0 Å². The van der Waals surface area contributed by atoms with Crippen molar-refractivity contribution in [3.63, 3.8) is 0 Å². The van der Waals surface area contributed by atoms with Crippen molar-refractivity contribution < 1.29 is 4.79 Å². The maximum atomic E-state index is 11.7. The van der Waals surface area contributed by atoms with E-state index in [4.69, 9.17) is 0 Å². The predicted molar refractivity (Wildman–Crippen MR) is 81.3 cm³/mol. The third kappa shape index (κ3) is 5.24. The van der Waals surface area contributed by atoms with Crippen LogP contribution in [0, 0.1) is 0 Å². The first-order chi connectivity index (χ1) is 9.84. The molecular formula is C17H20N2O. The highest BCUT2D eigenvalue weighted by Gasteiger charge is 2.00. The van der Waals surface area contributed by atoms with Gasteiger partial charge >= 0.3 is 0 Å². The van der Waals surface area contributed by atoms with Crippen LogP contribution in [-0.4, -0.2) is 19.0 Å². The molecule has 0 aliphatic rings. The smallest absolute Gasteiger partial charge is 0.234 e. The van der Waals surface area contributed by atoms with Gasteiger partial charge in [-0.05, 0) is 24.1 Å². The Morgan fingerprint density at radius 1 is 0.850 bits per heavy atom. The number of nitrogens with one attached hydrogen (secondary N) is 2. The van der Waals surface area contributed by atoms with Gasteiger partial charge in [-0.3, -0.25) is 4.79 Å². The molecule has 20 heavy (non-hydrogen) atoms. The monoisotopic (exact) mass is 268 g/mol. The van der Waals surface area contributed by atoms with Gasteiger partial charge in [-0.1, -0.05) is 60.7 Å². The van der Waals surface area contributed by atoms with Crippen LogP contribution in [0.2, 0.25) is 0 Å². The van der Waals surface area contributed by atoms with Gasteiger partial charge in [-0.25, -0.2) is 0 Å². The van der Waals surface area contributed by atoms with E-state index in [1.54, 1.807) is 0 Å². The largest absolute Gasteiger partial charge is 0.351 e. The molecule has 2 aromatic rings. The van der Waals surface area contributed by atoms with Gasteiger partial charge < -0.3 is 10.6 Å². The first-order valence-corrected chi connectivity index (χ1v) is 6.90. The lowest BCUT2D eigenvalue weighted by Crippen LogP contribution is -2.34. The molecule has 0 bridgehead atoms. The number of amides is 1. The van der Waals surface area contributed by atoms with E-state index >= 15 is 0 Å². The SMILES string of the molecule is O=C(CNCCc1ccccc1)NCc1ccccc1. The first-order valence-electron chi connectivity index (χ1n) is 6.90. The molecule has 0 aliphatic carbocycles. The summed E-state index contributed by atoms with van der Waals surface area (Å²) in [5, 5.41) is 6.05. The number of benzene rings is 2. The van der Waals surface area contributed by atoms with E-state index in [-0.39, 0.29) is 5.91 Å². The highest BCUT2D eigenvalue weighted by Crippen LogP contribution is 1.98. The maximum absolute atomic E-state index is 11.7. The van der Waals surface area contributed by atoms with Crippen LogP contribution < -0.4 is 10.6 Å². The molecule has 0 radical (unpaired) electrons. The van der Waals surface area contributed by atoms with Crippen LogP contribution in [0.4, 0.5) is 0 Å². The molecule has 0 spiro atoms.